The highest BCUT2D eigenvalue weighted by atomic mass is 16.1. The Kier molecular flexibility index (Phi) is 2.38. The fourth-order valence-corrected chi connectivity index (χ4v) is 3.45. The average Bonchev–Trinajstić information content (AvgIpc) is 2.09. The summed E-state index contributed by atoms with van der Waals surface area (Å²) in [4.78, 5) is 11.5. The summed E-state index contributed by atoms with van der Waals surface area (Å²) in [5.41, 5.74) is 1.81. The lowest BCUT2D eigenvalue weighted by atomic mass is 9.41. The minimum absolute atomic E-state index is 0.175. The Hall–Kier alpha value is -0.590. The summed E-state index contributed by atoms with van der Waals surface area (Å²) in [6, 6.07) is 0. The van der Waals surface area contributed by atoms with Crippen LogP contribution in [0.1, 0.15) is 48.0 Å². The van der Waals surface area contributed by atoms with E-state index in [9.17, 15) is 4.79 Å². The van der Waals surface area contributed by atoms with Crippen molar-refractivity contribution in [2.24, 2.45) is 28.6 Å². The lowest BCUT2D eigenvalue weighted by Gasteiger charge is -2.64. The van der Waals surface area contributed by atoms with E-state index < -0.39 is 0 Å². The van der Waals surface area contributed by atoms with Crippen LogP contribution in [0, 0.1) is 28.6 Å². The van der Waals surface area contributed by atoms with Gasteiger partial charge in [-0.1, -0.05) is 46.3 Å². The van der Waals surface area contributed by atoms with E-state index in [0.717, 1.165) is 24.2 Å². The fourth-order valence-electron chi connectivity index (χ4n) is 3.45. The summed E-state index contributed by atoms with van der Waals surface area (Å²) in [6.07, 6.45) is 3.38. The molecule has 0 spiro atoms. The van der Waals surface area contributed by atoms with Gasteiger partial charge in [0.2, 0.25) is 0 Å². The number of fused-ring (bicyclic) bond motifs is 1. The quantitative estimate of drug-likeness (QED) is 0.660. The number of rotatable bonds is 3. The van der Waals surface area contributed by atoms with E-state index in [-0.39, 0.29) is 5.41 Å². The molecule has 0 heterocycles. The Bertz CT molecular complexity index is 360. The van der Waals surface area contributed by atoms with Crippen LogP contribution in [0.4, 0.5) is 0 Å². The van der Waals surface area contributed by atoms with E-state index in [1.54, 1.807) is 6.92 Å². The molecule has 1 fully saturated rings. The van der Waals surface area contributed by atoms with Gasteiger partial charge in [0.25, 0.3) is 0 Å². The van der Waals surface area contributed by atoms with Crippen molar-refractivity contribution in [1.29, 1.82) is 0 Å². The third kappa shape index (κ3) is 1.40. The van der Waals surface area contributed by atoms with E-state index in [4.69, 9.17) is 0 Å². The number of hydrogen-bond donors (Lipinski definition) is 0. The Morgan fingerprint density at radius 3 is 2.44 bits per heavy atom. The molecule has 0 bridgehead atoms. The summed E-state index contributed by atoms with van der Waals surface area (Å²) >= 11 is 0. The van der Waals surface area contributed by atoms with Gasteiger partial charge in [0.15, 0.2) is 0 Å². The summed E-state index contributed by atoms with van der Waals surface area (Å²) in [6.45, 7) is 12.9. The molecule has 1 unspecified atom stereocenters. The van der Waals surface area contributed by atoms with Gasteiger partial charge in [-0.25, -0.2) is 0 Å². The minimum Gasteiger partial charge on any atom is -0.299 e. The van der Waals surface area contributed by atoms with Crippen molar-refractivity contribution in [3.63, 3.8) is 0 Å². The van der Waals surface area contributed by atoms with Crippen LogP contribution in [0.2, 0.25) is 0 Å². The van der Waals surface area contributed by atoms with Crippen molar-refractivity contribution in [2.75, 3.05) is 0 Å². The highest BCUT2D eigenvalue weighted by Gasteiger charge is 2.58. The van der Waals surface area contributed by atoms with Gasteiger partial charge in [-0.3, -0.25) is 4.79 Å². The molecule has 0 aromatic rings. The zero-order valence-corrected chi connectivity index (χ0v) is 11.4. The molecule has 0 aliphatic heterocycles. The Morgan fingerprint density at radius 1 is 1.44 bits per heavy atom. The van der Waals surface area contributed by atoms with Gasteiger partial charge in [-0.15, -0.1) is 0 Å². The Labute approximate surface area is 99.3 Å². The van der Waals surface area contributed by atoms with Gasteiger partial charge in [0.1, 0.15) is 5.78 Å². The van der Waals surface area contributed by atoms with Crippen molar-refractivity contribution in [1.82, 2.24) is 0 Å². The second-order valence-electron chi connectivity index (χ2n) is 7.02. The van der Waals surface area contributed by atoms with Crippen molar-refractivity contribution in [2.45, 2.75) is 48.0 Å². The zero-order chi connectivity index (χ0) is 12.3. The first-order chi connectivity index (χ1) is 7.18. The van der Waals surface area contributed by atoms with Crippen molar-refractivity contribution in [3.8, 4) is 0 Å². The number of ketones is 1. The maximum atomic E-state index is 11.5. The zero-order valence-electron chi connectivity index (χ0n) is 11.4. The first-order valence-corrected chi connectivity index (χ1v) is 6.39. The molecule has 0 aromatic carbocycles. The molecular formula is C15H24O. The monoisotopic (exact) mass is 220 g/mol. The molecule has 0 radical (unpaired) electrons. The smallest absolute Gasteiger partial charge is 0.135 e. The largest absolute Gasteiger partial charge is 0.299 e. The van der Waals surface area contributed by atoms with Gasteiger partial charge in [-0.2, -0.15) is 0 Å². The van der Waals surface area contributed by atoms with Crippen LogP contribution in [-0.2, 0) is 4.79 Å². The van der Waals surface area contributed by atoms with Gasteiger partial charge in [0.05, 0.1) is 0 Å². The molecule has 0 N–H and O–H groups in total. The normalized spacial score (nSPS) is 35.6. The minimum atomic E-state index is -0.175. The van der Waals surface area contributed by atoms with Crippen LogP contribution in [0.25, 0.3) is 0 Å². The molecule has 2 aliphatic carbocycles. The van der Waals surface area contributed by atoms with E-state index in [1.807, 2.05) is 0 Å². The van der Waals surface area contributed by atoms with Crippen LogP contribution >= 0.6 is 0 Å². The molecule has 0 amide bonds. The molecule has 2 rings (SSSR count). The van der Waals surface area contributed by atoms with Crippen molar-refractivity contribution >= 4 is 5.78 Å². The number of carbonyl (C=O) groups is 1. The van der Waals surface area contributed by atoms with Crippen LogP contribution in [0.15, 0.2) is 11.6 Å². The maximum Gasteiger partial charge on any atom is 0.135 e. The second kappa shape index (κ2) is 3.21. The molecule has 1 nitrogen and oxygen atoms in total. The molecule has 90 valence electrons. The summed E-state index contributed by atoms with van der Waals surface area (Å²) in [5.74, 6) is 2.66. The molecule has 1 saturated carbocycles. The van der Waals surface area contributed by atoms with Crippen LogP contribution < -0.4 is 0 Å². The third-order valence-electron chi connectivity index (χ3n) is 5.34. The maximum absolute atomic E-state index is 11.5. The summed E-state index contributed by atoms with van der Waals surface area (Å²) < 4.78 is 0. The van der Waals surface area contributed by atoms with Gasteiger partial charge < -0.3 is 0 Å². The molecule has 1 heteroatoms. The first-order valence-electron chi connectivity index (χ1n) is 6.39. The predicted molar refractivity (Wildman–Crippen MR) is 67.1 cm³/mol. The van der Waals surface area contributed by atoms with E-state index >= 15 is 0 Å². The van der Waals surface area contributed by atoms with Crippen LogP contribution in [-0.4, -0.2) is 5.78 Å². The highest BCUT2D eigenvalue weighted by molar-refractivity contribution is 5.81. The van der Waals surface area contributed by atoms with Gasteiger partial charge >= 0.3 is 0 Å². The van der Waals surface area contributed by atoms with Crippen molar-refractivity contribution in [3.05, 3.63) is 11.6 Å². The highest BCUT2D eigenvalue weighted by Crippen LogP contribution is 2.65. The van der Waals surface area contributed by atoms with E-state index in [2.05, 4.69) is 40.7 Å². The third-order valence-corrected chi connectivity index (χ3v) is 5.34. The molecule has 3 atom stereocenters. The second-order valence-corrected chi connectivity index (χ2v) is 7.02. The lowest BCUT2D eigenvalue weighted by molar-refractivity contribution is -0.125. The van der Waals surface area contributed by atoms with E-state index in [0.29, 0.717) is 11.2 Å². The van der Waals surface area contributed by atoms with Crippen LogP contribution in [0.3, 0.4) is 0 Å². The predicted octanol–water partition coefficient (Wildman–Crippen LogP) is 3.84. The molecular weight excluding hydrogens is 196 g/mol. The standard InChI is InChI=1S/C15H24O/c1-9-12-7-11(13(12)15(9,5)6)8-14(3,4)10(2)16/h7,9,12-13H,8H2,1-6H3/t9-,12?,13-/m1/s1. The Balaban J connectivity index is 2.09. The Morgan fingerprint density at radius 2 is 2.00 bits per heavy atom. The topological polar surface area (TPSA) is 17.1 Å². The number of hydrogen-bond acceptors (Lipinski definition) is 1. The lowest BCUT2D eigenvalue weighted by Crippen LogP contribution is -2.57. The average molecular weight is 220 g/mol. The van der Waals surface area contributed by atoms with Crippen LogP contribution in [0.5, 0.6) is 0 Å². The molecule has 0 aromatic heterocycles. The summed E-state index contributed by atoms with van der Waals surface area (Å²) in [5, 5.41) is 0. The number of Topliss-reactive ketones (excluding diaryl/α,β-unsaturated/α-hetero) is 1. The fraction of sp³-hybridized carbons (Fsp3) is 0.800. The SMILES string of the molecule is CC(=O)C(C)(C)CC1=CC2[C@@H](C)C(C)(C)[C@H]12. The van der Waals surface area contributed by atoms with Gasteiger partial charge in [-0.05, 0) is 36.5 Å². The van der Waals surface area contributed by atoms with E-state index in [1.165, 1.54) is 5.57 Å². The molecule has 16 heavy (non-hydrogen) atoms. The molecule has 0 saturated heterocycles. The number of allylic oxidation sites excluding steroid dienone is 2. The van der Waals surface area contributed by atoms with Crippen molar-refractivity contribution < 1.29 is 4.79 Å². The first kappa shape index (κ1) is 11.9. The number of carbonyl (C=O) groups excluding carboxylic acids is 1. The molecule has 2 aliphatic rings. The summed E-state index contributed by atoms with van der Waals surface area (Å²) in [7, 11) is 0. The van der Waals surface area contributed by atoms with Gasteiger partial charge in [0, 0.05) is 5.41 Å².